The van der Waals surface area contributed by atoms with E-state index in [-0.39, 0.29) is 6.54 Å². The first-order valence-corrected chi connectivity index (χ1v) is 8.59. The van der Waals surface area contributed by atoms with Crippen LogP contribution < -0.4 is 0 Å². The summed E-state index contributed by atoms with van der Waals surface area (Å²) in [5.41, 5.74) is 0.256. The van der Waals surface area contributed by atoms with Gasteiger partial charge in [-0.25, -0.2) is 8.42 Å². The van der Waals surface area contributed by atoms with Crippen molar-refractivity contribution in [2.75, 3.05) is 13.6 Å². The lowest BCUT2D eigenvalue weighted by molar-refractivity contribution is 0.0333. The van der Waals surface area contributed by atoms with Gasteiger partial charge in [-0.05, 0) is 37.0 Å². The largest absolute Gasteiger partial charge is 0.389 e. The van der Waals surface area contributed by atoms with Crippen molar-refractivity contribution in [1.82, 2.24) is 4.31 Å². The number of hydrogen-bond donors (Lipinski definition) is 1. The van der Waals surface area contributed by atoms with Crippen molar-refractivity contribution in [3.05, 3.63) is 29.8 Å². The van der Waals surface area contributed by atoms with Crippen molar-refractivity contribution >= 4 is 10.0 Å². The van der Waals surface area contributed by atoms with Crippen molar-refractivity contribution < 1.29 is 13.5 Å². The van der Waals surface area contributed by atoms with Crippen molar-refractivity contribution in [3.63, 3.8) is 0 Å². The molecule has 0 aromatic heterocycles. The van der Waals surface area contributed by atoms with Gasteiger partial charge in [0.2, 0.25) is 10.0 Å². The Morgan fingerprint density at radius 2 is 1.75 bits per heavy atom. The van der Waals surface area contributed by atoms with E-state index in [2.05, 4.69) is 0 Å². The normalized spacial score (nSPS) is 18.6. The van der Waals surface area contributed by atoms with Crippen LogP contribution in [0.1, 0.15) is 38.2 Å². The maximum absolute atomic E-state index is 12.5. The molecule has 0 saturated heterocycles. The van der Waals surface area contributed by atoms with Crippen LogP contribution in [0.3, 0.4) is 0 Å². The molecule has 2 rings (SSSR count). The minimum atomic E-state index is -3.52. The molecular weight excluding hydrogens is 274 g/mol. The summed E-state index contributed by atoms with van der Waals surface area (Å²) < 4.78 is 26.2. The van der Waals surface area contributed by atoms with E-state index in [1.807, 2.05) is 19.1 Å². The second-order valence-corrected chi connectivity index (χ2v) is 7.73. The van der Waals surface area contributed by atoms with Gasteiger partial charge < -0.3 is 5.11 Å². The highest BCUT2D eigenvalue weighted by Gasteiger charge is 2.35. The number of likely N-dealkylation sites (N-methyl/N-ethyl adjacent to an activating group) is 1. The van der Waals surface area contributed by atoms with E-state index in [1.54, 1.807) is 19.2 Å². The van der Waals surface area contributed by atoms with Gasteiger partial charge in [-0.15, -0.1) is 0 Å². The molecule has 1 aliphatic carbocycles. The average molecular weight is 297 g/mol. The molecule has 0 aliphatic heterocycles. The fourth-order valence-corrected chi connectivity index (χ4v) is 4.02. The van der Waals surface area contributed by atoms with E-state index < -0.39 is 15.6 Å². The van der Waals surface area contributed by atoms with Gasteiger partial charge in [0.25, 0.3) is 0 Å². The van der Waals surface area contributed by atoms with Crippen LogP contribution in [-0.4, -0.2) is 37.0 Å². The second-order valence-electron chi connectivity index (χ2n) is 5.69. The van der Waals surface area contributed by atoms with E-state index in [9.17, 15) is 13.5 Å². The van der Waals surface area contributed by atoms with Crippen LogP contribution in [0.15, 0.2) is 29.2 Å². The first-order chi connectivity index (χ1) is 9.37. The van der Waals surface area contributed by atoms with Crippen molar-refractivity contribution in [1.29, 1.82) is 0 Å². The number of sulfonamides is 1. The molecule has 0 amide bonds. The molecule has 4 nitrogen and oxygen atoms in total. The summed E-state index contributed by atoms with van der Waals surface area (Å²) in [5, 5.41) is 10.3. The van der Waals surface area contributed by atoms with Crippen LogP contribution in [0.5, 0.6) is 0 Å². The van der Waals surface area contributed by atoms with Crippen molar-refractivity contribution in [2.24, 2.45) is 0 Å². The third-order valence-corrected chi connectivity index (χ3v) is 5.91. The minimum absolute atomic E-state index is 0.171. The van der Waals surface area contributed by atoms with E-state index >= 15 is 0 Å². The van der Waals surface area contributed by atoms with Crippen LogP contribution in [0.2, 0.25) is 0 Å². The molecule has 20 heavy (non-hydrogen) atoms. The molecule has 1 fully saturated rings. The van der Waals surface area contributed by atoms with Gasteiger partial charge in [0, 0.05) is 13.6 Å². The van der Waals surface area contributed by atoms with E-state index in [1.165, 1.54) is 4.31 Å². The summed E-state index contributed by atoms with van der Waals surface area (Å²) in [6.07, 6.45) is 4.18. The lowest BCUT2D eigenvalue weighted by Crippen LogP contribution is -2.41. The second kappa shape index (κ2) is 5.84. The fourth-order valence-electron chi connectivity index (χ4n) is 2.77. The minimum Gasteiger partial charge on any atom is -0.389 e. The van der Waals surface area contributed by atoms with Gasteiger partial charge in [-0.3, -0.25) is 0 Å². The molecule has 0 radical (unpaired) electrons. The van der Waals surface area contributed by atoms with E-state index in [0.29, 0.717) is 17.7 Å². The van der Waals surface area contributed by atoms with Gasteiger partial charge >= 0.3 is 0 Å². The van der Waals surface area contributed by atoms with Gasteiger partial charge in [-0.2, -0.15) is 4.31 Å². The molecule has 0 unspecified atom stereocenters. The van der Waals surface area contributed by atoms with E-state index in [0.717, 1.165) is 24.8 Å². The molecule has 1 aromatic carbocycles. The van der Waals surface area contributed by atoms with Crippen LogP contribution in [-0.2, 0) is 16.4 Å². The summed E-state index contributed by atoms with van der Waals surface area (Å²) in [6, 6.07) is 6.96. The Morgan fingerprint density at radius 3 is 2.25 bits per heavy atom. The van der Waals surface area contributed by atoms with Gasteiger partial charge in [0.15, 0.2) is 0 Å². The first kappa shape index (κ1) is 15.5. The van der Waals surface area contributed by atoms with Gasteiger partial charge in [0.05, 0.1) is 10.5 Å². The van der Waals surface area contributed by atoms with Crippen LogP contribution in [0.25, 0.3) is 0 Å². The molecule has 1 saturated carbocycles. The van der Waals surface area contributed by atoms with Gasteiger partial charge in [0.1, 0.15) is 0 Å². The molecule has 0 bridgehead atoms. The zero-order chi connectivity index (χ0) is 14.8. The molecule has 5 heteroatoms. The Morgan fingerprint density at radius 1 is 1.20 bits per heavy atom. The number of aliphatic hydroxyl groups is 1. The Hall–Kier alpha value is -0.910. The highest BCUT2D eigenvalue weighted by Crippen LogP contribution is 2.31. The summed E-state index contributed by atoms with van der Waals surface area (Å²) in [5.74, 6) is 0. The predicted octanol–water partition coefficient (Wildman–Crippen LogP) is 2.17. The quantitative estimate of drug-likeness (QED) is 0.906. The third-order valence-electron chi connectivity index (χ3n) is 4.09. The van der Waals surface area contributed by atoms with Crippen LogP contribution in [0.4, 0.5) is 0 Å². The molecule has 112 valence electrons. The summed E-state index contributed by atoms with van der Waals surface area (Å²) in [7, 11) is -1.98. The predicted molar refractivity (Wildman–Crippen MR) is 79.1 cm³/mol. The van der Waals surface area contributed by atoms with Crippen LogP contribution >= 0.6 is 0 Å². The molecular formula is C15H23NO3S. The SMILES string of the molecule is CCc1ccc(S(=O)(=O)N(C)CC2(O)CCCC2)cc1. The Labute approximate surface area is 121 Å². The lowest BCUT2D eigenvalue weighted by atomic mass is 10.0. The zero-order valence-corrected chi connectivity index (χ0v) is 13.0. The summed E-state index contributed by atoms with van der Waals surface area (Å²) in [4.78, 5) is 0.291. The number of nitrogens with zero attached hydrogens (tertiary/aromatic N) is 1. The highest BCUT2D eigenvalue weighted by atomic mass is 32.2. The van der Waals surface area contributed by atoms with Gasteiger partial charge in [-0.1, -0.05) is 31.9 Å². The fraction of sp³-hybridized carbons (Fsp3) is 0.600. The number of benzene rings is 1. The van der Waals surface area contributed by atoms with Crippen molar-refractivity contribution in [2.45, 2.75) is 49.5 Å². The third kappa shape index (κ3) is 3.22. The average Bonchev–Trinajstić information content (AvgIpc) is 2.85. The maximum Gasteiger partial charge on any atom is 0.242 e. The Bertz CT molecular complexity index is 545. The topological polar surface area (TPSA) is 57.6 Å². The molecule has 1 N–H and O–H groups in total. The lowest BCUT2D eigenvalue weighted by Gasteiger charge is -2.28. The molecule has 0 heterocycles. The number of aryl methyl sites for hydroxylation is 1. The van der Waals surface area contributed by atoms with E-state index in [4.69, 9.17) is 0 Å². The summed E-state index contributed by atoms with van der Waals surface area (Å²) >= 11 is 0. The standard InChI is InChI=1S/C15H23NO3S/c1-3-13-6-8-14(9-7-13)20(18,19)16(2)12-15(17)10-4-5-11-15/h6-9,17H,3-5,10-12H2,1-2H3. The smallest absolute Gasteiger partial charge is 0.242 e. The maximum atomic E-state index is 12.5. The molecule has 1 aliphatic rings. The summed E-state index contributed by atoms with van der Waals surface area (Å²) in [6.45, 7) is 2.20. The molecule has 0 spiro atoms. The number of hydrogen-bond acceptors (Lipinski definition) is 3. The Balaban J connectivity index is 2.15. The monoisotopic (exact) mass is 297 g/mol. The molecule has 1 aromatic rings. The van der Waals surface area contributed by atoms with Crippen molar-refractivity contribution in [3.8, 4) is 0 Å². The highest BCUT2D eigenvalue weighted by molar-refractivity contribution is 7.89. The molecule has 0 atom stereocenters. The van der Waals surface area contributed by atoms with Crippen LogP contribution in [0, 0.1) is 0 Å². The zero-order valence-electron chi connectivity index (χ0n) is 12.2. The first-order valence-electron chi connectivity index (χ1n) is 7.15. The number of rotatable bonds is 5. The Kier molecular flexibility index (Phi) is 4.52.